The summed E-state index contributed by atoms with van der Waals surface area (Å²) in [6, 6.07) is 9.55. The largest absolute Gasteiger partial charge is 0.330 e. The third-order valence-electron chi connectivity index (χ3n) is 4.34. The van der Waals surface area contributed by atoms with Crippen LogP contribution in [0.1, 0.15) is 49.3 Å². The van der Waals surface area contributed by atoms with Gasteiger partial charge in [0.05, 0.1) is 0 Å². The molecule has 136 valence electrons. The average molecular weight is 385 g/mol. The van der Waals surface area contributed by atoms with E-state index >= 15 is 0 Å². The molecule has 0 saturated heterocycles. The molecule has 23 heavy (non-hydrogen) atoms. The van der Waals surface area contributed by atoms with E-state index in [2.05, 4.69) is 29.2 Å². The number of rotatable bonds is 9. The number of halogens is 3. The third kappa shape index (κ3) is 7.59. The van der Waals surface area contributed by atoms with Crippen LogP contribution in [0.2, 0.25) is 0 Å². The van der Waals surface area contributed by atoms with Crippen molar-refractivity contribution >= 4 is 37.2 Å². The van der Waals surface area contributed by atoms with Crippen LogP contribution < -0.4 is 11.5 Å². The monoisotopic (exact) mass is 383 g/mol. The summed E-state index contributed by atoms with van der Waals surface area (Å²) >= 11 is 0. The molecule has 1 aliphatic rings. The van der Waals surface area contributed by atoms with Crippen LogP contribution in [0.25, 0.3) is 0 Å². The first-order chi connectivity index (χ1) is 9.86. The van der Waals surface area contributed by atoms with E-state index < -0.39 is 0 Å². The molecule has 0 saturated carbocycles. The number of hydrogen-bond acceptors (Lipinski definition) is 3. The lowest BCUT2D eigenvalue weighted by Gasteiger charge is -2.29. The Hall–Kier alpha value is -0.0300. The van der Waals surface area contributed by atoms with Crippen molar-refractivity contribution in [3.8, 4) is 0 Å². The molecule has 1 unspecified atom stereocenters. The zero-order valence-electron chi connectivity index (χ0n) is 13.8. The van der Waals surface area contributed by atoms with Gasteiger partial charge in [-0.2, -0.15) is 0 Å². The molecule has 2 rings (SSSR count). The lowest BCUT2D eigenvalue weighted by molar-refractivity contribution is 0.190. The van der Waals surface area contributed by atoms with Crippen LogP contribution >= 0.6 is 37.2 Å². The summed E-state index contributed by atoms with van der Waals surface area (Å²) in [5.74, 6) is 0. The molecule has 4 N–H and O–H groups in total. The fraction of sp³-hybridized carbons (Fsp3) is 0.647. The molecule has 0 fully saturated rings. The molecule has 0 spiro atoms. The van der Waals surface area contributed by atoms with Gasteiger partial charge in [0, 0.05) is 6.04 Å². The lowest BCUT2D eigenvalue weighted by Crippen LogP contribution is -2.30. The highest BCUT2D eigenvalue weighted by Crippen LogP contribution is 2.35. The second-order valence-electron chi connectivity index (χ2n) is 5.78. The highest BCUT2D eigenvalue weighted by Gasteiger charge is 2.26. The van der Waals surface area contributed by atoms with E-state index in [4.69, 9.17) is 11.5 Å². The average Bonchev–Trinajstić information content (AvgIpc) is 2.90. The van der Waals surface area contributed by atoms with Gasteiger partial charge < -0.3 is 11.5 Å². The molecule has 1 atom stereocenters. The van der Waals surface area contributed by atoms with E-state index in [1.807, 2.05) is 0 Å². The van der Waals surface area contributed by atoms with E-state index in [0.717, 1.165) is 25.9 Å². The molecule has 0 amide bonds. The first kappa shape index (κ1) is 25.2. The lowest BCUT2D eigenvalue weighted by atomic mass is 10.1. The van der Waals surface area contributed by atoms with Crippen LogP contribution in [-0.4, -0.2) is 31.1 Å². The van der Waals surface area contributed by atoms with Crippen LogP contribution in [-0.2, 0) is 6.42 Å². The van der Waals surface area contributed by atoms with E-state index in [-0.39, 0.29) is 37.2 Å². The Balaban J connectivity index is 0. The molecule has 1 aromatic carbocycles. The second-order valence-corrected chi connectivity index (χ2v) is 5.78. The molecule has 1 aliphatic carbocycles. The smallest absolute Gasteiger partial charge is 0.0354 e. The zero-order valence-corrected chi connectivity index (χ0v) is 16.2. The summed E-state index contributed by atoms with van der Waals surface area (Å²) in [6.45, 7) is 3.94. The molecule has 3 nitrogen and oxygen atoms in total. The molecule has 0 heterocycles. The summed E-state index contributed by atoms with van der Waals surface area (Å²) < 4.78 is 0. The Morgan fingerprint density at radius 3 is 2.00 bits per heavy atom. The molecule has 6 heteroatoms. The maximum absolute atomic E-state index is 5.63. The second kappa shape index (κ2) is 14.3. The topological polar surface area (TPSA) is 55.3 Å². The van der Waals surface area contributed by atoms with Crippen LogP contribution in [0, 0.1) is 0 Å². The first-order valence-electron chi connectivity index (χ1n) is 8.08. The minimum absolute atomic E-state index is 0. The molecular formula is C17H32Cl3N3. The Bertz CT molecular complexity index is 394. The van der Waals surface area contributed by atoms with Gasteiger partial charge in [0.25, 0.3) is 0 Å². The fourth-order valence-electron chi connectivity index (χ4n) is 3.26. The van der Waals surface area contributed by atoms with Gasteiger partial charge in [-0.25, -0.2) is 0 Å². The Morgan fingerprint density at radius 1 is 0.870 bits per heavy atom. The third-order valence-corrected chi connectivity index (χ3v) is 4.34. The van der Waals surface area contributed by atoms with E-state index in [0.29, 0.717) is 6.04 Å². The summed E-state index contributed by atoms with van der Waals surface area (Å²) in [5.41, 5.74) is 14.4. The number of nitrogens with zero attached hydrogens (tertiary/aromatic N) is 1. The highest BCUT2D eigenvalue weighted by atomic mass is 35.5. The highest BCUT2D eigenvalue weighted by molar-refractivity contribution is 5.86. The summed E-state index contributed by atoms with van der Waals surface area (Å²) in [4.78, 5) is 2.66. The van der Waals surface area contributed by atoms with Crippen molar-refractivity contribution in [1.82, 2.24) is 4.90 Å². The number of benzene rings is 1. The Kier molecular flexibility index (Phi) is 15.7. The van der Waals surface area contributed by atoms with Crippen molar-refractivity contribution in [2.75, 3.05) is 26.2 Å². The van der Waals surface area contributed by atoms with Gasteiger partial charge in [0.1, 0.15) is 0 Å². The number of hydrogen-bond donors (Lipinski definition) is 2. The zero-order chi connectivity index (χ0) is 14.2. The van der Waals surface area contributed by atoms with Crippen molar-refractivity contribution in [1.29, 1.82) is 0 Å². The van der Waals surface area contributed by atoms with E-state index in [1.165, 1.54) is 38.8 Å². The van der Waals surface area contributed by atoms with Crippen molar-refractivity contribution in [2.24, 2.45) is 11.5 Å². The van der Waals surface area contributed by atoms with Crippen LogP contribution in [0.5, 0.6) is 0 Å². The summed E-state index contributed by atoms with van der Waals surface area (Å²) in [5, 5.41) is 0. The molecule has 0 aliphatic heterocycles. The minimum atomic E-state index is 0. The maximum atomic E-state index is 5.63. The number of nitrogens with two attached hydrogens (primary N) is 2. The predicted octanol–water partition coefficient (Wildman–Crippen LogP) is 3.72. The van der Waals surface area contributed by atoms with Crippen LogP contribution in [0.4, 0.5) is 0 Å². The fourth-order valence-corrected chi connectivity index (χ4v) is 3.26. The van der Waals surface area contributed by atoms with E-state index in [9.17, 15) is 0 Å². The van der Waals surface area contributed by atoms with Crippen LogP contribution in [0.3, 0.4) is 0 Å². The van der Waals surface area contributed by atoms with Gasteiger partial charge in [-0.3, -0.25) is 4.90 Å². The van der Waals surface area contributed by atoms with Crippen molar-refractivity contribution in [2.45, 2.75) is 44.6 Å². The van der Waals surface area contributed by atoms with Gasteiger partial charge in [0.2, 0.25) is 0 Å². The number of unbranched alkanes of at least 4 members (excludes halogenated alkanes) is 2. The number of fused-ring (bicyclic) bond motifs is 1. The minimum Gasteiger partial charge on any atom is -0.330 e. The molecule has 0 aromatic heterocycles. The van der Waals surface area contributed by atoms with Gasteiger partial charge in [0.15, 0.2) is 0 Å². The normalized spacial score (nSPS) is 15.3. The quantitative estimate of drug-likeness (QED) is 0.638. The van der Waals surface area contributed by atoms with Crippen molar-refractivity contribution < 1.29 is 0 Å². The predicted molar refractivity (Wildman–Crippen MR) is 107 cm³/mol. The molecule has 1 aromatic rings. The molecular weight excluding hydrogens is 353 g/mol. The SMILES string of the molecule is Cl.Cl.Cl.NCCCCN(CCCCN)C1CCc2ccccc21. The molecule has 0 bridgehead atoms. The van der Waals surface area contributed by atoms with E-state index in [1.54, 1.807) is 11.1 Å². The summed E-state index contributed by atoms with van der Waals surface area (Å²) in [6.07, 6.45) is 7.16. The first-order valence-corrected chi connectivity index (χ1v) is 8.08. The van der Waals surface area contributed by atoms with Crippen LogP contribution in [0.15, 0.2) is 24.3 Å². The molecule has 0 radical (unpaired) electrons. The Labute approximate surface area is 159 Å². The van der Waals surface area contributed by atoms with Gasteiger partial charge in [-0.1, -0.05) is 24.3 Å². The van der Waals surface area contributed by atoms with Gasteiger partial charge in [-0.15, -0.1) is 37.2 Å². The van der Waals surface area contributed by atoms with Crippen molar-refractivity contribution in [3.63, 3.8) is 0 Å². The van der Waals surface area contributed by atoms with Gasteiger partial charge >= 0.3 is 0 Å². The van der Waals surface area contributed by atoms with Gasteiger partial charge in [-0.05, 0) is 75.8 Å². The standard InChI is InChI=1S/C17H29N3.3ClH/c18-11-3-5-13-20(14-6-4-12-19)17-10-9-15-7-1-2-8-16(15)17;;;/h1-2,7-8,17H,3-6,9-14,18-19H2;3*1H. The number of aryl methyl sites for hydroxylation is 1. The Morgan fingerprint density at radius 2 is 1.43 bits per heavy atom. The van der Waals surface area contributed by atoms with Crippen molar-refractivity contribution in [3.05, 3.63) is 35.4 Å². The summed E-state index contributed by atoms with van der Waals surface area (Å²) in [7, 11) is 0. The maximum Gasteiger partial charge on any atom is 0.0354 e.